The molecule has 1 aliphatic heterocycles. The van der Waals surface area contributed by atoms with E-state index in [4.69, 9.17) is 10.2 Å². The molecule has 3 N–H and O–H groups in total. The summed E-state index contributed by atoms with van der Waals surface area (Å²) in [5, 5.41) is 20.7. The maximum atomic E-state index is 11.1. The van der Waals surface area contributed by atoms with Crippen molar-refractivity contribution in [1.82, 2.24) is 10.2 Å². The Hall–Kier alpha value is -1.76. The van der Waals surface area contributed by atoms with Gasteiger partial charge < -0.3 is 15.5 Å². The summed E-state index contributed by atoms with van der Waals surface area (Å²) < 4.78 is 0. The van der Waals surface area contributed by atoms with Gasteiger partial charge in [0.05, 0.1) is 0 Å². The number of hydrogen-bond acceptors (Lipinski definition) is 5. The lowest BCUT2D eigenvalue weighted by molar-refractivity contribution is -0.140. The first-order chi connectivity index (χ1) is 10.6. The first-order valence-corrected chi connectivity index (χ1v) is 7.47. The second-order valence-corrected chi connectivity index (χ2v) is 5.59. The van der Waals surface area contributed by atoms with Gasteiger partial charge >= 0.3 is 5.97 Å². The minimum absolute atomic E-state index is 0.149. The van der Waals surface area contributed by atoms with Gasteiger partial charge in [-0.25, -0.2) is 0 Å². The Labute approximate surface area is 129 Å². The Balaban J connectivity index is 1.85. The molecule has 0 bridgehead atoms. The molecule has 1 heterocycles. The van der Waals surface area contributed by atoms with Crippen LogP contribution in [0.15, 0.2) is 24.3 Å². The Morgan fingerprint density at radius 1 is 1.23 bits per heavy atom. The van der Waals surface area contributed by atoms with Crippen LogP contribution in [0.25, 0.3) is 0 Å². The van der Waals surface area contributed by atoms with E-state index >= 15 is 0 Å². The standard InChI is InChI=1S/C16H22N2O4/c19-11-14(20)6-5-12-1-3-13(4-2-12)9-18-8-7-17-15(10-18)16(21)22/h1-4,15,17,19H,5-11H2,(H,21,22). The molecule has 6 nitrogen and oxygen atoms in total. The lowest BCUT2D eigenvalue weighted by Gasteiger charge is -2.31. The van der Waals surface area contributed by atoms with E-state index in [0.717, 1.165) is 24.2 Å². The third kappa shape index (κ3) is 4.91. The molecule has 2 rings (SSSR count). The lowest BCUT2D eigenvalue weighted by atomic mass is 10.1. The van der Waals surface area contributed by atoms with Crippen LogP contribution in [0, 0.1) is 0 Å². The highest BCUT2D eigenvalue weighted by atomic mass is 16.4. The molecule has 0 amide bonds. The van der Waals surface area contributed by atoms with E-state index in [-0.39, 0.29) is 5.78 Å². The van der Waals surface area contributed by atoms with Crippen molar-refractivity contribution < 1.29 is 19.8 Å². The minimum Gasteiger partial charge on any atom is -0.480 e. The Morgan fingerprint density at radius 3 is 2.55 bits per heavy atom. The van der Waals surface area contributed by atoms with Crippen molar-refractivity contribution in [3.8, 4) is 0 Å². The van der Waals surface area contributed by atoms with Crippen LogP contribution in [0.1, 0.15) is 17.5 Å². The van der Waals surface area contributed by atoms with Crippen molar-refractivity contribution in [3.63, 3.8) is 0 Å². The van der Waals surface area contributed by atoms with Gasteiger partial charge in [0.1, 0.15) is 12.6 Å². The van der Waals surface area contributed by atoms with E-state index in [1.54, 1.807) is 0 Å². The van der Waals surface area contributed by atoms with Gasteiger partial charge in [0.2, 0.25) is 0 Å². The number of aliphatic hydroxyl groups excluding tert-OH is 1. The molecular weight excluding hydrogens is 284 g/mol. The van der Waals surface area contributed by atoms with E-state index in [1.807, 2.05) is 24.3 Å². The molecule has 0 radical (unpaired) electrons. The van der Waals surface area contributed by atoms with Gasteiger partial charge in [0.25, 0.3) is 0 Å². The maximum absolute atomic E-state index is 11.1. The number of piperazine rings is 1. The van der Waals surface area contributed by atoms with Crippen LogP contribution in [-0.2, 0) is 22.6 Å². The van der Waals surface area contributed by atoms with Gasteiger partial charge in [-0.15, -0.1) is 0 Å². The van der Waals surface area contributed by atoms with Crippen LogP contribution in [0.5, 0.6) is 0 Å². The molecule has 0 spiro atoms. The van der Waals surface area contributed by atoms with Crippen LogP contribution in [0.2, 0.25) is 0 Å². The van der Waals surface area contributed by atoms with E-state index in [0.29, 0.717) is 25.9 Å². The van der Waals surface area contributed by atoms with E-state index < -0.39 is 18.6 Å². The predicted molar refractivity (Wildman–Crippen MR) is 81.6 cm³/mol. The summed E-state index contributed by atoms with van der Waals surface area (Å²) in [7, 11) is 0. The van der Waals surface area contributed by atoms with E-state index in [9.17, 15) is 9.59 Å². The van der Waals surface area contributed by atoms with Crippen LogP contribution in [0.4, 0.5) is 0 Å². The van der Waals surface area contributed by atoms with Gasteiger partial charge in [0.15, 0.2) is 5.78 Å². The molecular formula is C16H22N2O4. The van der Waals surface area contributed by atoms with Gasteiger partial charge in [-0.1, -0.05) is 24.3 Å². The van der Waals surface area contributed by atoms with Crippen molar-refractivity contribution in [2.24, 2.45) is 0 Å². The molecule has 0 aromatic heterocycles. The van der Waals surface area contributed by atoms with Crippen molar-refractivity contribution in [2.75, 3.05) is 26.2 Å². The number of aryl methyl sites for hydroxylation is 1. The molecule has 120 valence electrons. The summed E-state index contributed by atoms with van der Waals surface area (Å²) >= 11 is 0. The first kappa shape index (κ1) is 16.6. The summed E-state index contributed by atoms with van der Waals surface area (Å²) in [6.07, 6.45) is 0.988. The SMILES string of the molecule is O=C(CO)CCc1ccc(CN2CCNC(C(=O)O)C2)cc1. The Morgan fingerprint density at radius 2 is 1.91 bits per heavy atom. The minimum atomic E-state index is -0.811. The number of carboxylic acids is 1. The van der Waals surface area contributed by atoms with Crippen LogP contribution in [-0.4, -0.2) is 59.1 Å². The number of rotatable bonds is 7. The molecule has 0 saturated carbocycles. The molecule has 1 fully saturated rings. The van der Waals surface area contributed by atoms with Crippen LogP contribution < -0.4 is 5.32 Å². The van der Waals surface area contributed by atoms with Crippen molar-refractivity contribution in [3.05, 3.63) is 35.4 Å². The zero-order chi connectivity index (χ0) is 15.9. The zero-order valence-corrected chi connectivity index (χ0v) is 12.5. The molecule has 22 heavy (non-hydrogen) atoms. The fourth-order valence-electron chi connectivity index (χ4n) is 2.55. The summed E-state index contributed by atoms with van der Waals surface area (Å²) in [4.78, 5) is 24.2. The number of aliphatic hydroxyl groups is 1. The van der Waals surface area contributed by atoms with Gasteiger partial charge in [0, 0.05) is 32.6 Å². The number of carbonyl (C=O) groups excluding carboxylic acids is 1. The second-order valence-electron chi connectivity index (χ2n) is 5.59. The number of carboxylic acid groups (broad SMARTS) is 1. The highest BCUT2D eigenvalue weighted by molar-refractivity contribution is 5.79. The number of hydrogen-bond donors (Lipinski definition) is 3. The molecule has 1 aromatic rings. The monoisotopic (exact) mass is 306 g/mol. The molecule has 1 aliphatic rings. The fraction of sp³-hybridized carbons (Fsp3) is 0.500. The molecule has 0 aliphatic carbocycles. The van der Waals surface area contributed by atoms with Crippen LogP contribution in [0.3, 0.4) is 0 Å². The van der Waals surface area contributed by atoms with E-state index in [1.165, 1.54) is 0 Å². The highest BCUT2D eigenvalue weighted by Gasteiger charge is 2.24. The number of benzene rings is 1. The lowest BCUT2D eigenvalue weighted by Crippen LogP contribution is -2.53. The first-order valence-electron chi connectivity index (χ1n) is 7.47. The topological polar surface area (TPSA) is 89.9 Å². The maximum Gasteiger partial charge on any atom is 0.322 e. The predicted octanol–water partition coefficient (Wildman–Crippen LogP) is 0.0390. The molecule has 1 aromatic carbocycles. The second kappa shape index (κ2) is 8.03. The third-order valence-corrected chi connectivity index (χ3v) is 3.86. The fourth-order valence-corrected chi connectivity index (χ4v) is 2.55. The van der Waals surface area contributed by atoms with Crippen molar-refractivity contribution >= 4 is 11.8 Å². The number of ketones is 1. The normalized spacial score (nSPS) is 19.0. The van der Waals surface area contributed by atoms with Crippen molar-refractivity contribution in [1.29, 1.82) is 0 Å². The number of carbonyl (C=O) groups is 2. The quantitative estimate of drug-likeness (QED) is 0.659. The molecule has 1 saturated heterocycles. The zero-order valence-electron chi connectivity index (χ0n) is 12.5. The van der Waals surface area contributed by atoms with Gasteiger partial charge in [-0.05, 0) is 17.5 Å². The average Bonchev–Trinajstić information content (AvgIpc) is 2.54. The summed E-state index contributed by atoms with van der Waals surface area (Å²) in [6, 6.07) is 7.48. The highest BCUT2D eigenvalue weighted by Crippen LogP contribution is 2.11. The molecule has 1 atom stereocenters. The molecule has 1 unspecified atom stereocenters. The summed E-state index contributed by atoms with van der Waals surface area (Å²) in [6.45, 7) is 2.34. The molecule has 6 heteroatoms. The summed E-state index contributed by atoms with van der Waals surface area (Å²) in [5.41, 5.74) is 2.19. The largest absolute Gasteiger partial charge is 0.480 e. The number of nitrogens with one attached hydrogen (secondary N) is 1. The van der Waals surface area contributed by atoms with Gasteiger partial charge in [-0.3, -0.25) is 14.5 Å². The van der Waals surface area contributed by atoms with Gasteiger partial charge in [-0.2, -0.15) is 0 Å². The smallest absolute Gasteiger partial charge is 0.322 e. The number of aliphatic carboxylic acids is 1. The van der Waals surface area contributed by atoms with E-state index in [2.05, 4.69) is 10.2 Å². The third-order valence-electron chi connectivity index (χ3n) is 3.86. The average molecular weight is 306 g/mol. The van der Waals surface area contributed by atoms with Crippen molar-refractivity contribution in [2.45, 2.75) is 25.4 Å². The Bertz CT molecular complexity index is 515. The summed E-state index contributed by atoms with van der Waals surface area (Å²) in [5.74, 6) is -0.960. The Kier molecular flexibility index (Phi) is 6.06. The number of nitrogens with zero attached hydrogens (tertiary/aromatic N) is 1. The van der Waals surface area contributed by atoms with Crippen LogP contribution >= 0.6 is 0 Å². The number of Topliss-reactive ketones (excluding diaryl/α,β-unsaturated/α-hetero) is 1.